The molecule has 2 heterocycles. The number of aromatic nitrogens is 2. The van der Waals surface area contributed by atoms with E-state index in [1.165, 1.54) is 5.56 Å². The summed E-state index contributed by atoms with van der Waals surface area (Å²) >= 11 is 3.56. The molecule has 0 aromatic carbocycles. The van der Waals surface area contributed by atoms with Gasteiger partial charge in [0.1, 0.15) is 10.3 Å². The first-order chi connectivity index (χ1) is 7.26. The van der Waals surface area contributed by atoms with Gasteiger partial charge in [0.2, 0.25) is 0 Å². The Morgan fingerprint density at radius 2 is 2.33 bits per heavy atom. The second-order valence-electron chi connectivity index (χ2n) is 3.50. The van der Waals surface area contributed by atoms with Gasteiger partial charge < -0.3 is 5.32 Å². The van der Waals surface area contributed by atoms with Crippen LogP contribution in [0.2, 0.25) is 0 Å². The number of imidazole rings is 1. The lowest BCUT2D eigenvalue weighted by Crippen LogP contribution is -2.05. The average Bonchev–Trinajstić information content (AvgIpc) is 2.56. The van der Waals surface area contributed by atoms with Crippen molar-refractivity contribution in [1.82, 2.24) is 14.7 Å². The molecule has 2 rings (SSSR count). The molecule has 2 aromatic rings. The molecule has 0 radical (unpaired) electrons. The molecule has 2 aromatic heterocycles. The van der Waals surface area contributed by atoms with Gasteiger partial charge in [0.25, 0.3) is 0 Å². The molecule has 0 aliphatic rings. The largest absolute Gasteiger partial charge is 0.316 e. The van der Waals surface area contributed by atoms with Crippen molar-refractivity contribution in [3.8, 4) is 0 Å². The SMILES string of the molecule is CCc1nc2cc(CNC)ccn2c1Br. The number of fused-ring (bicyclic) bond motifs is 1. The van der Waals surface area contributed by atoms with E-state index in [0.29, 0.717) is 0 Å². The summed E-state index contributed by atoms with van der Waals surface area (Å²) in [5, 5.41) is 3.14. The van der Waals surface area contributed by atoms with E-state index in [2.05, 4.69) is 55.9 Å². The first-order valence-corrected chi connectivity index (χ1v) is 5.85. The minimum absolute atomic E-state index is 0.877. The van der Waals surface area contributed by atoms with E-state index >= 15 is 0 Å². The van der Waals surface area contributed by atoms with Crippen LogP contribution in [0, 0.1) is 0 Å². The summed E-state index contributed by atoms with van der Waals surface area (Å²) in [4.78, 5) is 4.56. The Morgan fingerprint density at radius 1 is 1.53 bits per heavy atom. The zero-order chi connectivity index (χ0) is 10.8. The highest BCUT2D eigenvalue weighted by Gasteiger charge is 2.07. The van der Waals surface area contributed by atoms with Crippen LogP contribution in [0.15, 0.2) is 22.9 Å². The molecule has 0 atom stereocenters. The van der Waals surface area contributed by atoms with Gasteiger partial charge in [-0.2, -0.15) is 0 Å². The molecule has 4 heteroatoms. The second-order valence-corrected chi connectivity index (χ2v) is 4.25. The Labute approximate surface area is 97.6 Å². The van der Waals surface area contributed by atoms with Crippen molar-refractivity contribution in [1.29, 1.82) is 0 Å². The number of aryl methyl sites for hydroxylation is 1. The molecule has 0 aliphatic carbocycles. The van der Waals surface area contributed by atoms with Gasteiger partial charge in [-0.3, -0.25) is 4.40 Å². The molecule has 3 nitrogen and oxygen atoms in total. The first-order valence-electron chi connectivity index (χ1n) is 5.06. The van der Waals surface area contributed by atoms with E-state index in [4.69, 9.17) is 0 Å². The number of hydrogen-bond donors (Lipinski definition) is 1. The zero-order valence-corrected chi connectivity index (χ0v) is 10.5. The van der Waals surface area contributed by atoms with Crippen molar-refractivity contribution in [2.24, 2.45) is 0 Å². The molecule has 80 valence electrons. The fraction of sp³-hybridized carbons (Fsp3) is 0.364. The van der Waals surface area contributed by atoms with E-state index in [1.807, 2.05) is 7.05 Å². The monoisotopic (exact) mass is 267 g/mol. The standard InChI is InChI=1S/C11H14BrN3/c1-3-9-11(12)15-5-4-8(7-13-2)6-10(15)14-9/h4-6,13H,3,7H2,1-2H3. The van der Waals surface area contributed by atoms with Gasteiger partial charge in [0, 0.05) is 12.7 Å². The molecular formula is C11H14BrN3. The van der Waals surface area contributed by atoms with Crippen molar-refractivity contribution in [2.45, 2.75) is 19.9 Å². The summed E-state index contributed by atoms with van der Waals surface area (Å²) in [6.45, 7) is 2.99. The molecule has 0 fully saturated rings. The number of nitrogens with one attached hydrogen (secondary N) is 1. The maximum absolute atomic E-state index is 4.56. The van der Waals surface area contributed by atoms with Crippen LogP contribution in [0.5, 0.6) is 0 Å². The van der Waals surface area contributed by atoms with Crippen LogP contribution in [-0.4, -0.2) is 16.4 Å². The third kappa shape index (κ3) is 1.92. The topological polar surface area (TPSA) is 29.3 Å². The van der Waals surface area contributed by atoms with Gasteiger partial charge in [0.05, 0.1) is 5.69 Å². The Balaban J connectivity index is 2.53. The maximum atomic E-state index is 4.56. The summed E-state index contributed by atoms with van der Waals surface area (Å²) in [6, 6.07) is 4.22. The third-order valence-electron chi connectivity index (χ3n) is 2.41. The van der Waals surface area contributed by atoms with Crippen LogP contribution in [0.4, 0.5) is 0 Å². The highest BCUT2D eigenvalue weighted by molar-refractivity contribution is 9.10. The number of hydrogen-bond acceptors (Lipinski definition) is 2. The number of pyridine rings is 1. The minimum Gasteiger partial charge on any atom is -0.316 e. The van der Waals surface area contributed by atoms with Crippen LogP contribution < -0.4 is 5.32 Å². The summed E-state index contributed by atoms with van der Waals surface area (Å²) in [6.07, 6.45) is 3.00. The van der Waals surface area contributed by atoms with Crippen molar-refractivity contribution in [3.05, 3.63) is 34.2 Å². The van der Waals surface area contributed by atoms with Crippen LogP contribution in [0.1, 0.15) is 18.2 Å². The Kier molecular flexibility index (Phi) is 3.07. The van der Waals surface area contributed by atoms with Gasteiger partial charge >= 0.3 is 0 Å². The van der Waals surface area contributed by atoms with Gasteiger partial charge in [-0.25, -0.2) is 4.98 Å². The fourth-order valence-corrected chi connectivity index (χ4v) is 2.31. The quantitative estimate of drug-likeness (QED) is 0.926. The number of halogens is 1. The van der Waals surface area contributed by atoms with E-state index in [0.717, 1.165) is 28.9 Å². The summed E-state index contributed by atoms with van der Waals surface area (Å²) in [5.74, 6) is 0. The molecule has 0 saturated heterocycles. The zero-order valence-electron chi connectivity index (χ0n) is 8.92. The lowest BCUT2D eigenvalue weighted by molar-refractivity contribution is 0.816. The average molecular weight is 268 g/mol. The van der Waals surface area contributed by atoms with E-state index in [9.17, 15) is 0 Å². The Bertz CT molecular complexity index is 476. The predicted octanol–water partition coefficient (Wildman–Crippen LogP) is 2.38. The fourth-order valence-electron chi connectivity index (χ4n) is 1.64. The molecule has 0 aliphatic heterocycles. The Hall–Kier alpha value is -0.870. The predicted molar refractivity (Wildman–Crippen MR) is 65.0 cm³/mol. The normalized spacial score (nSPS) is 11.1. The van der Waals surface area contributed by atoms with Gasteiger partial charge in [0.15, 0.2) is 0 Å². The molecule has 1 N–H and O–H groups in total. The van der Waals surface area contributed by atoms with Crippen LogP contribution in [0.3, 0.4) is 0 Å². The molecule has 0 saturated carbocycles. The molecule has 0 unspecified atom stereocenters. The highest BCUT2D eigenvalue weighted by Crippen LogP contribution is 2.20. The van der Waals surface area contributed by atoms with Crippen molar-refractivity contribution in [3.63, 3.8) is 0 Å². The van der Waals surface area contributed by atoms with Gasteiger partial charge in [-0.15, -0.1) is 0 Å². The second kappa shape index (κ2) is 4.33. The lowest BCUT2D eigenvalue weighted by atomic mass is 10.2. The Morgan fingerprint density at radius 3 is 3.00 bits per heavy atom. The number of nitrogens with zero attached hydrogens (tertiary/aromatic N) is 2. The van der Waals surface area contributed by atoms with E-state index in [1.54, 1.807) is 0 Å². The molecule has 0 spiro atoms. The van der Waals surface area contributed by atoms with Crippen LogP contribution >= 0.6 is 15.9 Å². The van der Waals surface area contributed by atoms with Crippen molar-refractivity contribution in [2.75, 3.05) is 7.05 Å². The molecule has 0 bridgehead atoms. The van der Waals surface area contributed by atoms with Crippen molar-refractivity contribution >= 4 is 21.6 Å². The first kappa shape index (κ1) is 10.6. The smallest absolute Gasteiger partial charge is 0.138 e. The molecular weight excluding hydrogens is 254 g/mol. The molecule has 0 amide bonds. The van der Waals surface area contributed by atoms with Crippen LogP contribution in [0.25, 0.3) is 5.65 Å². The molecule has 15 heavy (non-hydrogen) atoms. The van der Waals surface area contributed by atoms with Crippen LogP contribution in [-0.2, 0) is 13.0 Å². The van der Waals surface area contributed by atoms with E-state index < -0.39 is 0 Å². The summed E-state index contributed by atoms with van der Waals surface area (Å²) in [7, 11) is 1.95. The number of rotatable bonds is 3. The maximum Gasteiger partial charge on any atom is 0.138 e. The summed E-state index contributed by atoms with van der Waals surface area (Å²) < 4.78 is 3.13. The minimum atomic E-state index is 0.877. The van der Waals surface area contributed by atoms with Crippen molar-refractivity contribution < 1.29 is 0 Å². The summed E-state index contributed by atoms with van der Waals surface area (Å²) in [5.41, 5.74) is 3.37. The van der Waals surface area contributed by atoms with Gasteiger partial charge in [-0.05, 0) is 47.1 Å². The highest BCUT2D eigenvalue weighted by atomic mass is 79.9. The van der Waals surface area contributed by atoms with Gasteiger partial charge in [-0.1, -0.05) is 6.92 Å². The van der Waals surface area contributed by atoms with E-state index in [-0.39, 0.29) is 0 Å². The third-order valence-corrected chi connectivity index (χ3v) is 3.25. The lowest BCUT2D eigenvalue weighted by Gasteiger charge is -2.00.